The second kappa shape index (κ2) is 9.95. The van der Waals surface area contributed by atoms with Crippen molar-refractivity contribution in [2.45, 2.75) is 19.0 Å². The second-order valence-corrected chi connectivity index (χ2v) is 8.24. The first-order chi connectivity index (χ1) is 16.6. The Hall–Kier alpha value is -3.60. The fourth-order valence-corrected chi connectivity index (χ4v) is 3.64. The average molecular weight is 490 g/mol. The molecule has 4 aromatic rings. The standard InChI is InChI=1S/C24H23F5N6/c1-34(2)13-3-11-30-23-31-12-10-18(32-23)20-19-9-8-17(24(27,28)29)14-35(19)33-21(20)15-4-6-16(7-5-15)22(25)26/h4-10,12,14,22H,3,11,13H2,1-2H3,(H,30,31,32). The molecule has 0 aliphatic heterocycles. The molecule has 0 amide bonds. The molecule has 0 radical (unpaired) electrons. The number of nitrogens with one attached hydrogen (secondary N) is 1. The van der Waals surface area contributed by atoms with E-state index in [0.717, 1.165) is 29.7 Å². The summed E-state index contributed by atoms with van der Waals surface area (Å²) in [5.41, 5.74) is 1.08. The molecule has 0 unspecified atom stereocenters. The highest BCUT2D eigenvalue weighted by molar-refractivity contribution is 5.91. The molecular weight excluding hydrogens is 467 g/mol. The Morgan fingerprint density at radius 2 is 1.77 bits per heavy atom. The zero-order valence-electron chi connectivity index (χ0n) is 19.0. The Balaban J connectivity index is 1.79. The zero-order valence-corrected chi connectivity index (χ0v) is 19.0. The molecule has 184 valence electrons. The molecule has 1 aromatic carbocycles. The molecule has 0 fully saturated rings. The van der Waals surface area contributed by atoms with Crippen LogP contribution >= 0.6 is 0 Å². The lowest BCUT2D eigenvalue weighted by molar-refractivity contribution is -0.137. The Labute approximate surface area is 198 Å². The summed E-state index contributed by atoms with van der Waals surface area (Å²) in [7, 11) is 3.95. The highest BCUT2D eigenvalue weighted by Crippen LogP contribution is 2.37. The molecule has 0 aliphatic carbocycles. The van der Waals surface area contributed by atoms with E-state index in [1.165, 1.54) is 30.3 Å². The summed E-state index contributed by atoms with van der Waals surface area (Å²) in [6, 6.07) is 9.42. The van der Waals surface area contributed by atoms with Gasteiger partial charge in [-0.05, 0) is 45.3 Å². The van der Waals surface area contributed by atoms with E-state index in [4.69, 9.17) is 0 Å². The third-order valence-corrected chi connectivity index (χ3v) is 5.37. The summed E-state index contributed by atoms with van der Waals surface area (Å²) in [6.45, 7) is 1.51. The van der Waals surface area contributed by atoms with Crippen molar-refractivity contribution in [1.29, 1.82) is 0 Å². The highest BCUT2D eigenvalue weighted by Gasteiger charge is 2.31. The summed E-state index contributed by atoms with van der Waals surface area (Å²) in [5, 5.41) is 7.53. The van der Waals surface area contributed by atoms with E-state index in [-0.39, 0.29) is 5.56 Å². The quantitative estimate of drug-likeness (QED) is 0.251. The number of halogens is 5. The monoisotopic (exact) mass is 490 g/mol. The van der Waals surface area contributed by atoms with E-state index in [1.807, 2.05) is 14.1 Å². The lowest BCUT2D eigenvalue weighted by Gasteiger charge is -2.10. The molecule has 11 heteroatoms. The molecule has 0 saturated carbocycles. The number of benzene rings is 1. The SMILES string of the molecule is CN(C)CCCNc1nccc(-c2c(-c3ccc(C(F)F)cc3)nn3cc(C(F)(F)F)ccc23)n1. The van der Waals surface area contributed by atoms with Crippen molar-refractivity contribution in [3.05, 3.63) is 66.0 Å². The number of rotatable bonds is 8. The zero-order chi connectivity index (χ0) is 25.2. The molecule has 0 atom stereocenters. The number of hydrogen-bond acceptors (Lipinski definition) is 5. The van der Waals surface area contributed by atoms with Crippen LogP contribution in [0.15, 0.2) is 54.9 Å². The molecule has 6 nitrogen and oxygen atoms in total. The van der Waals surface area contributed by atoms with Crippen molar-refractivity contribution >= 4 is 11.5 Å². The third-order valence-electron chi connectivity index (χ3n) is 5.37. The van der Waals surface area contributed by atoms with Gasteiger partial charge in [0.1, 0.15) is 5.69 Å². The summed E-state index contributed by atoms with van der Waals surface area (Å²) < 4.78 is 67.1. The van der Waals surface area contributed by atoms with Gasteiger partial charge in [-0.15, -0.1) is 0 Å². The molecular formula is C24H23F5N6. The minimum Gasteiger partial charge on any atom is -0.354 e. The molecule has 1 N–H and O–H groups in total. The van der Waals surface area contributed by atoms with E-state index in [2.05, 4.69) is 25.3 Å². The Kier molecular flexibility index (Phi) is 6.97. The van der Waals surface area contributed by atoms with Crippen molar-refractivity contribution < 1.29 is 22.0 Å². The first kappa shape index (κ1) is 24.5. The summed E-state index contributed by atoms with van der Waals surface area (Å²) in [5.74, 6) is 0.367. The van der Waals surface area contributed by atoms with Gasteiger partial charge in [-0.1, -0.05) is 24.3 Å². The Morgan fingerprint density at radius 3 is 2.43 bits per heavy atom. The largest absolute Gasteiger partial charge is 0.417 e. The van der Waals surface area contributed by atoms with Gasteiger partial charge < -0.3 is 10.2 Å². The van der Waals surface area contributed by atoms with E-state index in [9.17, 15) is 22.0 Å². The molecule has 0 aliphatic rings. The molecule has 3 heterocycles. The number of pyridine rings is 1. The summed E-state index contributed by atoms with van der Waals surface area (Å²) in [6.07, 6.45) is -3.87. The van der Waals surface area contributed by atoms with Gasteiger partial charge in [-0.2, -0.15) is 18.3 Å². The fraction of sp³-hybridized carbons (Fsp3) is 0.292. The molecule has 0 spiro atoms. The number of fused-ring (bicyclic) bond motifs is 1. The first-order valence-electron chi connectivity index (χ1n) is 10.8. The van der Waals surface area contributed by atoms with Gasteiger partial charge >= 0.3 is 6.18 Å². The van der Waals surface area contributed by atoms with Gasteiger partial charge in [0.2, 0.25) is 5.95 Å². The van der Waals surface area contributed by atoms with E-state index >= 15 is 0 Å². The van der Waals surface area contributed by atoms with Crippen LogP contribution in [0.4, 0.5) is 27.9 Å². The summed E-state index contributed by atoms with van der Waals surface area (Å²) in [4.78, 5) is 10.8. The van der Waals surface area contributed by atoms with Crippen molar-refractivity contribution in [1.82, 2.24) is 24.5 Å². The molecule has 0 bridgehead atoms. The lowest BCUT2D eigenvalue weighted by atomic mass is 10.0. The minimum atomic E-state index is -4.54. The minimum absolute atomic E-state index is 0.162. The molecule has 4 rings (SSSR count). The van der Waals surface area contributed by atoms with Gasteiger partial charge in [-0.25, -0.2) is 23.3 Å². The van der Waals surface area contributed by atoms with Crippen LogP contribution in [0.3, 0.4) is 0 Å². The number of nitrogens with zero attached hydrogens (tertiary/aromatic N) is 5. The van der Waals surface area contributed by atoms with Crippen LogP contribution in [0, 0.1) is 0 Å². The van der Waals surface area contributed by atoms with Gasteiger partial charge in [0.05, 0.1) is 22.3 Å². The molecule has 35 heavy (non-hydrogen) atoms. The van der Waals surface area contributed by atoms with Crippen molar-refractivity contribution in [3.8, 4) is 22.5 Å². The first-order valence-corrected chi connectivity index (χ1v) is 10.8. The average Bonchev–Trinajstić information content (AvgIpc) is 3.20. The van der Waals surface area contributed by atoms with Crippen LogP contribution in [-0.2, 0) is 6.18 Å². The van der Waals surface area contributed by atoms with Gasteiger partial charge in [-0.3, -0.25) is 0 Å². The number of alkyl halides is 5. The predicted octanol–water partition coefficient (Wildman–Crippen LogP) is 5.78. The topological polar surface area (TPSA) is 58.3 Å². The lowest BCUT2D eigenvalue weighted by Crippen LogP contribution is -2.17. The Morgan fingerprint density at radius 1 is 1.03 bits per heavy atom. The number of aromatic nitrogens is 4. The van der Waals surface area contributed by atoms with Crippen LogP contribution in [0.2, 0.25) is 0 Å². The molecule has 3 aromatic heterocycles. The van der Waals surface area contributed by atoms with E-state index in [1.54, 1.807) is 12.3 Å². The van der Waals surface area contributed by atoms with E-state index in [0.29, 0.717) is 40.5 Å². The van der Waals surface area contributed by atoms with Crippen LogP contribution < -0.4 is 5.32 Å². The normalized spacial score (nSPS) is 12.1. The van der Waals surface area contributed by atoms with Crippen molar-refractivity contribution in [2.24, 2.45) is 0 Å². The van der Waals surface area contributed by atoms with Gasteiger partial charge in [0.25, 0.3) is 6.43 Å². The number of anilines is 1. The van der Waals surface area contributed by atoms with Crippen LogP contribution in [-0.4, -0.2) is 51.7 Å². The van der Waals surface area contributed by atoms with Crippen molar-refractivity contribution in [3.63, 3.8) is 0 Å². The van der Waals surface area contributed by atoms with Crippen molar-refractivity contribution in [2.75, 3.05) is 32.5 Å². The molecule has 0 saturated heterocycles. The van der Waals surface area contributed by atoms with Crippen LogP contribution in [0.1, 0.15) is 24.0 Å². The van der Waals surface area contributed by atoms with Crippen LogP contribution in [0.5, 0.6) is 0 Å². The number of hydrogen-bond donors (Lipinski definition) is 1. The second-order valence-electron chi connectivity index (χ2n) is 8.24. The Bertz CT molecular complexity index is 1300. The van der Waals surface area contributed by atoms with Gasteiger partial charge in [0.15, 0.2) is 0 Å². The smallest absolute Gasteiger partial charge is 0.354 e. The highest BCUT2D eigenvalue weighted by atomic mass is 19.4. The third kappa shape index (κ3) is 5.56. The summed E-state index contributed by atoms with van der Waals surface area (Å²) >= 11 is 0. The maximum Gasteiger partial charge on any atom is 0.417 e. The van der Waals surface area contributed by atoms with Crippen LogP contribution in [0.25, 0.3) is 28.0 Å². The maximum atomic E-state index is 13.3. The predicted molar refractivity (Wildman–Crippen MR) is 123 cm³/mol. The van der Waals surface area contributed by atoms with E-state index < -0.39 is 18.2 Å². The van der Waals surface area contributed by atoms with Gasteiger partial charge in [0, 0.05) is 30.1 Å². The fourth-order valence-electron chi connectivity index (χ4n) is 3.64. The maximum absolute atomic E-state index is 13.3.